The van der Waals surface area contributed by atoms with Crippen molar-refractivity contribution in [2.75, 3.05) is 11.9 Å². The number of carbonyl (C=O) groups excluding carboxylic acids is 3. The van der Waals surface area contributed by atoms with E-state index in [0.717, 1.165) is 23.8 Å². The Labute approximate surface area is 146 Å². The lowest BCUT2D eigenvalue weighted by Gasteiger charge is -2.20. The summed E-state index contributed by atoms with van der Waals surface area (Å²) in [6.07, 6.45) is -2.29. The highest BCUT2D eigenvalue weighted by atomic mass is 19.4. The monoisotopic (exact) mass is 371 g/mol. The van der Waals surface area contributed by atoms with Crippen LogP contribution in [-0.4, -0.2) is 41.2 Å². The minimum absolute atomic E-state index is 0.211. The molecule has 0 unspecified atom stereocenters. The van der Waals surface area contributed by atoms with Crippen molar-refractivity contribution in [3.63, 3.8) is 0 Å². The van der Waals surface area contributed by atoms with E-state index in [1.165, 1.54) is 18.2 Å². The molecule has 7 nitrogen and oxygen atoms in total. The van der Waals surface area contributed by atoms with Crippen LogP contribution in [0.2, 0.25) is 0 Å². The van der Waals surface area contributed by atoms with E-state index < -0.39 is 42.0 Å². The third-order valence-corrected chi connectivity index (χ3v) is 4.39. The lowest BCUT2D eigenvalue weighted by Crippen LogP contribution is -2.44. The van der Waals surface area contributed by atoms with Gasteiger partial charge in [-0.1, -0.05) is 25.0 Å². The van der Waals surface area contributed by atoms with Crippen LogP contribution < -0.4 is 15.4 Å². The maximum absolute atomic E-state index is 12.5. The van der Waals surface area contributed by atoms with Crippen molar-refractivity contribution in [2.24, 2.45) is 0 Å². The third kappa shape index (κ3) is 3.58. The van der Waals surface area contributed by atoms with Crippen LogP contribution in [-0.2, 0) is 9.59 Å². The lowest BCUT2D eigenvalue weighted by atomic mass is 9.98. The molecule has 1 aromatic rings. The summed E-state index contributed by atoms with van der Waals surface area (Å²) in [5.74, 6) is -1.87. The summed E-state index contributed by atoms with van der Waals surface area (Å²) in [4.78, 5) is 37.4. The Hall–Kier alpha value is -2.78. The first-order chi connectivity index (χ1) is 12.2. The van der Waals surface area contributed by atoms with Gasteiger partial charge in [0.2, 0.25) is 5.91 Å². The van der Waals surface area contributed by atoms with Crippen molar-refractivity contribution in [2.45, 2.75) is 37.6 Å². The fourth-order valence-electron chi connectivity index (χ4n) is 3.25. The highest BCUT2D eigenvalue weighted by molar-refractivity contribution is 6.10. The molecule has 0 radical (unpaired) electrons. The first kappa shape index (κ1) is 18.0. The number of urea groups is 1. The minimum Gasteiger partial charge on any atom is -0.404 e. The number of imide groups is 1. The zero-order valence-electron chi connectivity index (χ0n) is 13.6. The van der Waals surface area contributed by atoms with E-state index in [4.69, 9.17) is 0 Å². The number of nitrogens with one attached hydrogen (secondary N) is 2. The van der Waals surface area contributed by atoms with E-state index in [2.05, 4.69) is 15.4 Å². The molecular formula is C16H16F3N3O4. The summed E-state index contributed by atoms with van der Waals surface area (Å²) < 4.78 is 41.1. The molecule has 1 saturated heterocycles. The van der Waals surface area contributed by atoms with Gasteiger partial charge < -0.3 is 15.4 Å². The molecule has 2 fully saturated rings. The number of rotatable bonds is 4. The van der Waals surface area contributed by atoms with E-state index in [1.807, 2.05) is 0 Å². The number of nitrogens with zero attached hydrogens (tertiary/aromatic N) is 1. The highest BCUT2D eigenvalue weighted by Crippen LogP contribution is 2.35. The third-order valence-electron chi connectivity index (χ3n) is 4.39. The molecule has 10 heteroatoms. The zero-order chi connectivity index (χ0) is 18.9. The van der Waals surface area contributed by atoms with Crippen LogP contribution in [0.5, 0.6) is 5.75 Å². The second-order valence-corrected chi connectivity index (χ2v) is 6.20. The molecule has 1 aliphatic carbocycles. The Morgan fingerprint density at radius 2 is 1.88 bits per heavy atom. The number of benzene rings is 1. The molecule has 3 rings (SSSR count). The van der Waals surface area contributed by atoms with Gasteiger partial charge in [0.15, 0.2) is 5.75 Å². The molecule has 4 amide bonds. The molecule has 2 aliphatic rings. The van der Waals surface area contributed by atoms with Crippen LogP contribution in [0.15, 0.2) is 24.3 Å². The van der Waals surface area contributed by atoms with E-state index in [-0.39, 0.29) is 5.69 Å². The Kier molecular flexibility index (Phi) is 4.51. The predicted molar refractivity (Wildman–Crippen MR) is 83.2 cm³/mol. The molecule has 0 bridgehead atoms. The molecule has 1 saturated carbocycles. The molecule has 0 aromatic heterocycles. The van der Waals surface area contributed by atoms with Crippen molar-refractivity contribution >= 4 is 23.5 Å². The first-order valence-electron chi connectivity index (χ1n) is 7.99. The predicted octanol–water partition coefficient (Wildman–Crippen LogP) is 2.39. The van der Waals surface area contributed by atoms with Gasteiger partial charge in [-0.25, -0.2) is 4.79 Å². The normalized spacial score (nSPS) is 19.0. The average Bonchev–Trinajstić information content (AvgIpc) is 3.09. The van der Waals surface area contributed by atoms with E-state index >= 15 is 0 Å². The fraction of sp³-hybridized carbons (Fsp3) is 0.438. The Morgan fingerprint density at radius 3 is 2.54 bits per heavy atom. The van der Waals surface area contributed by atoms with E-state index in [9.17, 15) is 27.6 Å². The second-order valence-electron chi connectivity index (χ2n) is 6.20. The van der Waals surface area contributed by atoms with Gasteiger partial charge in [-0.05, 0) is 25.0 Å². The number of hydrogen-bond acceptors (Lipinski definition) is 4. The van der Waals surface area contributed by atoms with Crippen LogP contribution in [0.4, 0.5) is 23.7 Å². The van der Waals surface area contributed by atoms with Crippen LogP contribution >= 0.6 is 0 Å². The number of ether oxygens (including phenoxy) is 1. The summed E-state index contributed by atoms with van der Waals surface area (Å²) in [5, 5.41) is 4.87. The van der Waals surface area contributed by atoms with Gasteiger partial charge >= 0.3 is 12.4 Å². The fourth-order valence-corrected chi connectivity index (χ4v) is 3.25. The van der Waals surface area contributed by atoms with Crippen molar-refractivity contribution in [1.29, 1.82) is 0 Å². The Morgan fingerprint density at radius 1 is 1.23 bits per heavy atom. The second kappa shape index (κ2) is 6.50. The SMILES string of the molecule is O=C(CN1C(=O)NC2(CCCC2)C1=O)Nc1ccccc1OC(F)(F)F. The van der Waals surface area contributed by atoms with Gasteiger partial charge in [0, 0.05) is 0 Å². The van der Waals surface area contributed by atoms with Crippen molar-refractivity contribution in [1.82, 2.24) is 10.2 Å². The number of amides is 4. The molecular weight excluding hydrogens is 355 g/mol. The summed E-state index contributed by atoms with van der Waals surface area (Å²) in [6, 6.07) is 4.33. The molecule has 140 valence electrons. The number of para-hydroxylation sites is 2. The zero-order valence-corrected chi connectivity index (χ0v) is 13.6. The summed E-state index contributed by atoms with van der Waals surface area (Å²) >= 11 is 0. The summed E-state index contributed by atoms with van der Waals surface area (Å²) in [6.45, 7) is -0.591. The molecule has 2 N–H and O–H groups in total. The maximum atomic E-state index is 12.5. The minimum atomic E-state index is -4.92. The van der Waals surface area contributed by atoms with Crippen molar-refractivity contribution in [3.8, 4) is 5.75 Å². The van der Waals surface area contributed by atoms with Crippen LogP contribution in [0.3, 0.4) is 0 Å². The van der Waals surface area contributed by atoms with Gasteiger partial charge in [0.25, 0.3) is 5.91 Å². The van der Waals surface area contributed by atoms with Gasteiger partial charge in [-0.3, -0.25) is 14.5 Å². The van der Waals surface area contributed by atoms with E-state index in [0.29, 0.717) is 12.8 Å². The number of halogens is 3. The number of anilines is 1. The Bertz CT molecular complexity index is 745. The molecule has 1 aliphatic heterocycles. The molecule has 1 heterocycles. The molecule has 1 aromatic carbocycles. The van der Waals surface area contributed by atoms with E-state index in [1.54, 1.807) is 0 Å². The van der Waals surface area contributed by atoms with Crippen LogP contribution in [0.1, 0.15) is 25.7 Å². The standard InChI is InChI=1S/C16H16F3N3O4/c17-16(18,19)26-11-6-2-1-5-10(11)20-12(23)9-22-13(24)15(21-14(22)25)7-3-4-8-15/h1-2,5-6H,3-4,7-9H2,(H,20,23)(H,21,25). The van der Waals surface area contributed by atoms with Crippen LogP contribution in [0.25, 0.3) is 0 Å². The summed E-state index contributed by atoms with van der Waals surface area (Å²) in [7, 11) is 0. The highest BCUT2D eigenvalue weighted by Gasteiger charge is 2.52. The number of alkyl halides is 3. The number of carbonyl (C=O) groups is 3. The smallest absolute Gasteiger partial charge is 0.404 e. The first-order valence-corrected chi connectivity index (χ1v) is 7.99. The van der Waals surface area contributed by atoms with Crippen molar-refractivity contribution < 1.29 is 32.3 Å². The quantitative estimate of drug-likeness (QED) is 0.796. The van der Waals surface area contributed by atoms with Gasteiger partial charge in [-0.15, -0.1) is 13.2 Å². The van der Waals surface area contributed by atoms with Crippen LogP contribution in [0, 0.1) is 0 Å². The number of hydrogen-bond donors (Lipinski definition) is 2. The Balaban J connectivity index is 1.68. The summed E-state index contributed by atoms with van der Waals surface area (Å²) in [5.41, 5.74) is -1.16. The maximum Gasteiger partial charge on any atom is 0.573 e. The molecule has 1 spiro atoms. The lowest BCUT2D eigenvalue weighted by molar-refractivity contribution is -0.274. The molecule has 0 atom stereocenters. The topological polar surface area (TPSA) is 87.7 Å². The van der Waals surface area contributed by atoms with Gasteiger partial charge in [-0.2, -0.15) is 0 Å². The van der Waals surface area contributed by atoms with Gasteiger partial charge in [0.05, 0.1) is 5.69 Å². The average molecular weight is 371 g/mol. The largest absolute Gasteiger partial charge is 0.573 e. The van der Waals surface area contributed by atoms with Crippen molar-refractivity contribution in [3.05, 3.63) is 24.3 Å². The molecule has 26 heavy (non-hydrogen) atoms. The van der Waals surface area contributed by atoms with Gasteiger partial charge in [0.1, 0.15) is 12.1 Å².